The largest absolute Gasteiger partial charge is 0.352 e. The van der Waals surface area contributed by atoms with Crippen LogP contribution >= 0.6 is 11.6 Å². The van der Waals surface area contributed by atoms with Gasteiger partial charge >= 0.3 is 0 Å². The van der Waals surface area contributed by atoms with Gasteiger partial charge in [0, 0.05) is 25.2 Å². The van der Waals surface area contributed by atoms with Crippen LogP contribution in [0, 0.1) is 17.6 Å². The van der Waals surface area contributed by atoms with E-state index in [1.807, 2.05) is 0 Å². The molecule has 2 amide bonds. The number of nitrogens with zero attached hydrogens (tertiary/aromatic N) is 1. The molecule has 0 saturated carbocycles. The summed E-state index contributed by atoms with van der Waals surface area (Å²) >= 11 is 5.75. The molecule has 1 aliphatic heterocycles. The number of hydrogen-bond donors (Lipinski definition) is 1. The van der Waals surface area contributed by atoms with Crippen molar-refractivity contribution in [1.29, 1.82) is 0 Å². The monoisotopic (exact) mass is 364 g/mol. The first-order chi connectivity index (χ1) is 11.9. The average Bonchev–Trinajstić information content (AvgIpc) is 2.98. The molecular formula is C18H15ClF2N2O2. The van der Waals surface area contributed by atoms with Crippen LogP contribution in [0.2, 0.25) is 5.02 Å². The van der Waals surface area contributed by atoms with Crippen molar-refractivity contribution in [3.8, 4) is 0 Å². The van der Waals surface area contributed by atoms with Gasteiger partial charge in [0.1, 0.15) is 11.6 Å². The molecule has 0 aromatic heterocycles. The van der Waals surface area contributed by atoms with Gasteiger partial charge in [0.25, 0.3) is 0 Å². The Morgan fingerprint density at radius 3 is 2.60 bits per heavy atom. The normalized spacial score (nSPS) is 17.0. The highest BCUT2D eigenvalue weighted by Crippen LogP contribution is 2.28. The van der Waals surface area contributed by atoms with Crippen LogP contribution in [0.5, 0.6) is 0 Å². The zero-order valence-electron chi connectivity index (χ0n) is 13.1. The maximum Gasteiger partial charge on any atom is 0.227 e. The summed E-state index contributed by atoms with van der Waals surface area (Å²) in [6.45, 7) is 0.461. The summed E-state index contributed by atoms with van der Waals surface area (Å²) in [4.78, 5) is 25.9. The molecule has 130 valence electrons. The molecule has 0 unspecified atom stereocenters. The zero-order valence-corrected chi connectivity index (χ0v) is 13.9. The Kier molecular flexibility index (Phi) is 4.99. The van der Waals surface area contributed by atoms with E-state index in [-0.39, 0.29) is 42.2 Å². The molecule has 1 aliphatic rings. The standard InChI is InChI=1S/C18H15ClF2N2O2/c19-15-8-14(5-6-16(15)21)23-10-12(7-17(23)24)18(25)22-9-11-1-3-13(20)4-2-11/h1-6,8,12H,7,9-10H2,(H,22,25)/t12-/m1/s1. The van der Waals surface area contributed by atoms with Gasteiger partial charge in [-0.2, -0.15) is 0 Å². The number of rotatable bonds is 4. The van der Waals surface area contributed by atoms with Crippen molar-refractivity contribution >= 4 is 29.1 Å². The number of carbonyl (C=O) groups excluding carboxylic acids is 2. The number of hydrogen-bond acceptors (Lipinski definition) is 2. The van der Waals surface area contributed by atoms with Crippen molar-refractivity contribution in [3.05, 3.63) is 64.7 Å². The van der Waals surface area contributed by atoms with E-state index in [1.54, 1.807) is 12.1 Å². The quantitative estimate of drug-likeness (QED) is 0.905. The summed E-state index contributed by atoms with van der Waals surface area (Å²) in [6, 6.07) is 9.82. The van der Waals surface area contributed by atoms with E-state index in [0.717, 1.165) is 5.56 Å². The highest BCUT2D eigenvalue weighted by molar-refractivity contribution is 6.31. The molecule has 25 heavy (non-hydrogen) atoms. The van der Waals surface area contributed by atoms with Crippen LogP contribution in [0.1, 0.15) is 12.0 Å². The second kappa shape index (κ2) is 7.19. The van der Waals surface area contributed by atoms with E-state index in [4.69, 9.17) is 11.6 Å². The molecule has 1 heterocycles. The number of nitrogens with one attached hydrogen (secondary N) is 1. The predicted molar refractivity (Wildman–Crippen MR) is 90.1 cm³/mol. The summed E-state index contributed by atoms with van der Waals surface area (Å²) in [6.07, 6.45) is 0.0737. The van der Waals surface area contributed by atoms with Crippen molar-refractivity contribution in [1.82, 2.24) is 5.32 Å². The first-order valence-electron chi connectivity index (χ1n) is 7.71. The number of halogens is 3. The van der Waals surface area contributed by atoms with Gasteiger partial charge in [-0.1, -0.05) is 23.7 Å². The fourth-order valence-electron chi connectivity index (χ4n) is 2.72. The maximum absolute atomic E-state index is 13.3. The number of carbonyl (C=O) groups is 2. The Morgan fingerprint density at radius 2 is 1.92 bits per heavy atom. The SMILES string of the molecule is O=C(NCc1ccc(F)cc1)[C@@H]1CC(=O)N(c2ccc(F)c(Cl)c2)C1. The third-order valence-corrected chi connectivity index (χ3v) is 4.38. The molecule has 1 N–H and O–H groups in total. The summed E-state index contributed by atoms with van der Waals surface area (Å²) in [5.74, 6) is -1.88. The van der Waals surface area contributed by atoms with E-state index in [1.165, 1.54) is 35.2 Å². The third-order valence-electron chi connectivity index (χ3n) is 4.09. The van der Waals surface area contributed by atoms with Crippen molar-refractivity contribution in [2.75, 3.05) is 11.4 Å². The Labute approximate surface area is 148 Å². The highest BCUT2D eigenvalue weighted by atomic mass is 35.5. The smallest absolute Gasteiger partial charge is 0.227 e. The topological polar surface area (TPSA) is 49.4 Å². The van der Waals surface area contributed by atoms with Crippen LogP contribution in [0.25, 0.3) is 0 Å². The predicted octanol–water partition coefficient (Wildman–Crippen LogP) is 3.29. The Hall–Kier alpha value is -2.47. The van der Waals surface area contributed by atoms with Crippen molar-refractivity contribution in [2.24, 2.45) is 5.92 Å². The molecular weight excluding hydrogens is 350 g/mol. The fraction of sp³-hybridized carbons (Fsp3) is 0.222. The van der Waals surface area contributed by atoms with Crippen LogP contribution in [0.15, 0.2) is 42.5 Å². The van der Waals surface area contributed by atoms with Gasteiger partial charge in [-0.3, -0.25) is 9.59 Å². The minimum atomic E-state index is -0.564. The highest BCUT2D eigenvalue weighted by Gasteiger charge is 2.35. The number of amides is 2. The van der Waals surface area contributed by atoms with Crippen LogP contribution in [0.4, 0.5) is 14.5 Å². The van der Waals surface area contributed by atoms with Crippen molar-refractivity contribution in [3.63, 3.8) is 0 Å². The van der Waals surface area contributed by atoms with Crippen LogP contribution in [0.3, 0.4) is 0 Å². The van der Waals surface area contributed by atoms with Crippen molar-refractivity contribution < 1.29 is 18.4 Å². The van der Waals surface area contributed by atoms with Crippen molar-refractivity contribution in [2.45, 2.75) is 13.0 Å². The first kappa shape index (κ1) is 17.4. The van der Waals surface area contributed by atoms with E-state index in [9.17, 15) is 18.4 Å². The first-order valence-corrected chi connectivity index (χ1v) is 8.09. The molecule has 0 bridgehead atoms. The summed E-state index contributed by atoms with van der Waals surface area (Å²) in [5.41, 5.74) is 1.23. The molecule has 1 atom stereocenters. The molecule has 0 aliphatic carbocycles. The van der Waals surface area contributed by atoms with Crippen LogP contribution in [-0.2, 0) is 16.1 Å². The second-order valence-electron chi connectivity index (χ2n) is 5.85. The van der Waals surface area contributed by atoms with Gasteiger partial charge in [-0.05, 0) is 35.9 Å². The molecule has 0 spiro atoms. The Balaban J connectivity index is 1.62. The molecule has 2 aromatic carbocycles. The molecule has 0 radical (unpaired) electrons. The summed E-state index contributed by atoms with van der Waals surface area (Å²) < 4.78 is 26.1. The molecule has 1 saturated heterocycles. The fourth-order valence-corrected chi connectivity index (χ4v) is 2.90. The average molecular weight is 365 g/mol. The maximum atomic E-state index is 13.3. The van der Waals surface area contributed by atoms with Gasteiger partial charge in [0.2, 0.25) is 11.8 Å². The Bertz CT molecular complexity index is 811. The summed E-state index contributed by atoms with van der Waals surface area (Å²) in [7, 11) is 0. The minimum absolute atomic E-state index is 0.0737. The molecule has 3 rings (SSSR count). The van der Waals surface area contributed by atoms with Gasteiger partial charge in [-0.15, -0.1) is 0 Å². The molecule has 1 fully saturated rings. The molecule has 4 nitrogen and oxygen atoms in total. The number of anilines is 1. The van der Waals surface area contributed by atoms with E-state index in [0.29, 0.717) is 5.69 Å². The van der Waals surface area contributed by atoms with Crippen LogP contribution in [-0.4, -0.2) is 18.4 Å². The number of benzene rings is 2. The van der Waals surface area contributed by atoms with Gasteiger partial charge in [-0.25, -0.2) is 8.78 Å². The van der Waals surface area contributed by atoms with Crippen LogP contribution < -0.4 is 10.2 Å². The van der Waals surface area contributed by atoms with E-state index in [2.05, 4.69) is 5.32 Å². The molecule has 7 heteroatoms. The lowest BCUT2D eigenvalue weighted by atomic mass is 10.1. The Morgan fingerprint density at radius 1 is 1.20 bits per heavy atom. The lowest BCUT2D eigenvalue weighted by Gasteiger charge is -2.17. The van der Waals surface area contributed by atoms with Gasteiger partial charge in [0.15, 0.2) is 0 Å². The summed E-state index contributed by atoms with van der Waals surface area (Å²) in [5, 5.41) is 2.67. The van der Waals surface area contributed by atoms with E-state index < -0.39 is 11.7 Å². The zero-order chi connectivity index (χ0) is 18.0. The second-order valence-corrected chi connectivity index (χ2v) is 6.26. The molecule has 2 aromatic rings. The van der Waals surface area contributed by atoms with E-state index >= 15 is 0 Å². The minimum Gasteiger partial charge on any atom is -0.352 e. The van der Waals surface area contributed by atoms with Gasteiger partial charge in [0.05, 0.1) is 10.9 Å². The van der Waals surface area contributed by atoms with Gasteiger partial charge < -0.3 is 10.2 Å². The lowest BCUT2D eigenvalue weighted by Crippen LogP contribution is -2.32. The third kappa shape index (κ3) is 3.96. The lowest BCUT2D eigenvalue weighted by molar-refractivity contribution is -0.126.